The molecule has 90 valence electrons. The van der Waals surface area contributed by atoms with Crippen molar-refractivity contribution in [3.05, 3.63) is 22.4 Å². The van der Waals surface area contributed by atoms with Crippen molar-refractivity contribution in [2.24, 2.45) is 11.7 Å². The Hall–Kier alpha value is -0.420. The molecule has 0 bridgehead atoms. The summed E-state index contributed by atoms with van der Waals surface area (Å²) in [5, 5.41) is 17.4. The van der Waals surface area contributed by atoms with Gasteiger partial charge < -0.3 is 16.2 Å². The molecular weight excluding hydrogens is 220 g/mol. The van der Waals surface area contributed by atoms with Crippen molar-refractivity contribution in [3.8, 4) is 0 Å². The lowest BCUT2D eigenvalue weighted by atomic mass is 10.0. The lowest BCUT2D eigenvalue weighted by molar-refractivity contribution is 0.167. The van der Waals surface area contributed by atoms with Crippen molar-refractivity contribution in [1.82, 2.24) is 5.32 Å². The normalized spacial score (nSPS) is 27.1. The second-order valence-corrected chi connectivity index (χ2v) is 5.29. The Labute approximate surface area is 101 Å². The third-order valence-electron chi connectivity index (χ3n) is 3.46. The molecule has 0 radical (unpaired) electrons. The van der Waals surface area contributed by atoms with Crippen LogP contribution in [0.25, 0.3) is 0 Å². The monoisotopic (exact) mass is 240 g/mol. The van der Waals surface area contributed by atoms with Crippen LogP contribution >= 0.6 is 11.3 Å². The molecule has 3 nitrogen and oxygen atoms in total. The van der Waals surface area contributed by atoms with Crippen molar-refractivity contribution in [1.29, 1.82) is 0 Å². The van der Waals surface area contributed by atoms with Crippen LogP contribution in [0.5, 0.6) is 0 Å². The van der Waals surface area contributed by atoms with Gasteiger partial charge in [-0.05, 0) is 47.7 Å². The zero-order chi connectivity index (χ0) is 11.4. The summed E-state index contributed by atoms with van der Waals surface area (Å²) in [6, 6.07) is 2.48. The summed E-state index contributed by atoms with van der Waals surface area (Å²) in [5.41, 5.74) is 6.74. The minimum absolute atomic E-state index is 0.384. The molecule has 1 aromatic rings. The fourth-order valence-corrected chi connectivity index (χ4v) is 3.14. The van der Waals surface area contributed by atoms with Gasteiger partial charge in [-0.15, -0.1) is 0 Å². The van der Waals surface area contributed by atoms with Crippen molar-refractivity contribution in [2.45, 2.75) is 31.4 Å². The number of nitrogens with two attached hydrogens (primary N) is 1. The van der Waals surface area contributed by atoms with Crippen LogP contribution in [0, 0.1) is 5.92 Å². The van der Waals surface area contributed by atoms with Crippen molar-refractivity contribution in [3.63, 3.8) is 0 Å². The quantitative estimate of drug-likeness (QED) is 0.731. The van der Waals surface area contributed by atoms with E-state index in [1.54, 1.807) is 11.3 Å². The highest BCUT2D eigenvalue weighted by molar-refractivity contribution is 7.07. The Morgan fingerprint density at radius 1 is 1.56 bits per heavy atom. The number of nitrogens with one attached hydrogen (secondary N) is 1. The lowest BCUT2D eigenvalue weighted by Crippen LogP contribution is -2.38. The number of thiophene rings is 1. The summed E-state index contributed by atoms with van der Waals surface area (Å²) < 4.78 is 0. The van der Waals surface area contributed by atoms with Crippen LogP contribution in [-0.2, 0) is 0 Å². The fourth-order valence-electron chi connectivity index (χ4n) is 2.43. The van der Waals surface area contributed by atoms with Crippen LogP contribution in [0.15, 0.2) is 16.8 Å². The van der Waals surface area contributed by atoms with E-state index in [9.17, 15) is 5.11 Å². The topological polar surface area (TPSA) is 58.3 Å². The highest BCUT2D eigenvalue weighted by Gasteiger charge is 2.26. The molecule has 0 aliphatic heterocycles. The average Bonchev–Trinajstić information content (AvgIpc) is 2.96. The maximum atomic E-state index is 9.94. The number of rotatable bonds is 5. The number of aliphatic hydroxyl groups is 1. The zero-order valence-corrected chi connectivity index (χ0v) is 10.2. The van der Waals surface area contributed by atoms with Crippen LogP contribution in [0.2, 0.25) is 0 Å². The molecular formula is C12H20N2OS. The second kappa shape index (κ2) is 5.77. The van der Waals surface area contributed by atoms with Crippen molar-refractivity contribution in [2.75, 3.05) is 13.1 Å². The Morgan fingerprint density at radius 3 is 3.12 bits per heavy atom. The summed E-state index contributed by atoms with van der Waals surface area (Å²) in [6.07, 6.45) is 3.29. The Morgan fingerprint density at radius 2 is 2.44 bits per heavy atom. The van der Waals surface area contributed by atoms with E-state index in [0.717, 1.165) is 12.1 Å². The molecule has 3 atom stereocenters. The first-order chi connectivity index (χ1) is 7.81. The molecule has 4 heteroatoms. The molecule has 0 spiro atoms. The van der Waals surface area contributed by atoms with Gasteiger partial charge in [0.1, 0.15) is 0 Å². The van der Waals surface area contributed by atoms with Gasteiger partial charge in [0, 0.05) is 12.6 Å². The summed E-state index contributed by atoms with van der Waals surface area (Å²) in [5.74, 6) is 0.592. The van der Waals surface area contributed by atoms with E-state index in [0.29, 0.717) is 18.5 Å². The molecule has 1 aliphatic carbocycles. The first-order valence-electron chi connectivity index (χ1n) is 5.95. The molecule has 3 unspecified atom stereocenters. The van der Waals surface area contributed by atoms with Crippen LogP contribution in [0.3, 0.4) is 0 Å². The number of aliphatic hydroxyl groups excluding tert-OH is 1. The minimum atomic E-state index is -0.384. The SMILES string of the molecule is NCC1CCCC1NCC(O)c1ccsc1. The first kappa shape index (κ1) is 12.0. The highest BCUT2D eigenvalue weighted by Crippen LogP contribution is 2.25. The standard InChI is InChI=1S/C12H20N2OS/c13-6-9-2-1-3-11(9)14-7-12(15)10-4-5-16-8-10/h4-5,8-9,11-12,14-15H,1-3,6-7,13H2. The van der Waals surface area contributed by atoms with E-state index in [1.165, 1.54) is 19.3 Å². The van der Waals surface area contributed by atoms with Gasteiger partial charge in [0.2, 0.25) is 0 Å². The molecule has 1 aliphatic rings. The van der Waals surface area contributed by atoms with Crippen LogP contribution in [0.1, 0.15) is 30.9 Å². The van der Waals surface area contributed by atoms with Gasteiger partial charge in [-0.2, -0.15) is 11.3 Å². The van der Waals surface area contributed by atoms with Crippen molar-refractivity contribution >= 4 is 11.3 Å². The fraction of sp³-hybridized carbons (Fsp3) is 0.667. The van der Waals surface area contributed by atoms with Gasteiger partial charge in [0.15, 0.2) is 0 Å². The van der Waals surface area contributed by atoms with Gasteiger partial charge in [-0.25, -0.2) is 0 Å². The molecule has 1 heterocycles. The van der Waals surface area contributed by atoms with Gasteiger partial charge in [0.05, 0.1) is 6.10 Å². The zero-order valence-electron chi connectivity index (χ0n) is 9.43. The van der Waals surface area contributed by atoms with Crippen LogP contribution in [-0.4, -0.2) is 24.2 Å². The summed E-state index contributed by atoms with van der Waals surface area (Å²) in [6.45, 7) is 1.39. The molecule has 0 saturated heterocycles. The number of hydrogen-bond donors (Lipinski definition) is 3. The average molecular weight is 240 g/mol. The summed E-state index contributed by atoms with van der Waals surface area (Å²) in [4.78, 5) is 0. The highest BCUT2D eigenvalue weighted by atomic mass is 32.1. The van der Waals surface area contributed by atoms with E-state index in [4.69, 9.17) is 5.73 Å². The van der Waals surface area contributed by atoms with E-state index in [2.05, 4.69) is 5.32 Å². The smallest absolute Gasteiger partial charge is 0.0922 e. The molecule has 0 amide bonds. The largest absolute Gasteiger partial charge is 0.387 e. The van der Waals surface area contributed by atoms with Crippen LogP contribution < -0.4 is 11.1 Å². The predicted octanol–water partition coefficient (Wildman–Crippen LogP) is 1.50. The molecule has 0 aromatic carbocycles. The third-order valence-corrected chi connectivity index (χ3v) is 4.16. The van der Waals surface area contributed by atoms with E-state index in [-0.39, 0.29) is 6.10 Å². The first-order valence-corrected chi connectivity index (χ1v) is 6.89. The van der Waals surface area contributed by atoms with E-state index < -0.39 is 0 Å². The Kier molecular flexibility index (Phi) is 4.35. The molecule has 1 fully saturated rings. The third kappa shape index (κ3) is 2.83. The Balaban J connectivity index is 1.78. The van der Waals surface area contributed by atoms with Gasteiger partial charge in [0.25, 0.3) is 0 Å². The maximum Gasteiger partial charge on any atom is 0.0922 e. The summed E-state index contributed by atoms with van der Waals surface area (Å²) >= 11 is 1.62. The maximum absolute atomic E-state index is 9.94. The van der Waals surface area contributed by atoms with Crippen LogP contribution in [0.4, 0.5) is 0 Å². The van der Waals surface area contributed by atoms with Gasteiger partial charge in [-0.1, -0.05) is 6.42 Å². The molecule has 4 N–H and O–H groups in total. The Bertz CT molecular complexity index is 302. The summed E-state index contributed by atoms with van der Waals surface area (Å²) in [7, 11) is 0. The van der Waals surface area contributed by atoms with E-state index in [1.807, 2.05) is 16.8 Å². The van der Waals surface area contributed by atoms with Crippen molar-refractivity contribution < 1.29 is 5.11 Å². The van der Waals surface area contributed by atoms with Gasteiger partial charge in [-0.3, -0.25) is 0 Å². The molecule has 1 aromatic heterocycles. The van der Waals surface area contributed by atoms with E-state index >= 15 is 0 Å². The second-order valence-electron chi connectivity index (χ2n) is 4.51. The molecule has 2 rings (SSSR count). The number of hydrogen-bond acceptors (Lipinski definition) is 4. The lowest BCUT2D eigenvalue weighted by Gasteiger charge is -2.21. The molecule has 16 heavy (non-hydrogen) atoms. The van der Waals surface area contributed by atoms with Gasteiger partial charge >= 0.3 is 0 Å². The predicted molar refractivity (Wildman–Crippen MR) is 67.5 cm³/mol. The minimum Gasteiger partial charge on any atom is -0.387 e. The molecule has 1 saturated carbocycles.